The fourth-order valence-electron chi connectivity index (χ4n) is 9.52. The Morgan fingerprint density at radius 3 is 1.20 bits per heavy atom. The second kappa shape index (κ2) is 15.7. The van der Waals surface area contributed by atoms with E-state index in [-0.39, 0.29) is 0 Å². The third kappa shape index (κ3) is 7.33. The van der Waals surface area contributed by atoms with Gasteiger partial charge in [-0.15, -0.1) is 0 Å². The van der Waals surface area contributed by atoms with Crippen LogP contribution in [0.2, 0.25) is 0 Å². The molecule has 0 unspecified atom stereocenters. The van der Waals surface area contributed by atoms with E-state index >= 15 is 0 Å². The van der Waals surface area contributed by atoms with Crippen LogP contribution in [0.1, 0.15) is 37.7 Å². The molecular formula is C56H43N5. The maximum Gasteiger partial charge on any atom is 0.164 e. The first kappa shape index (κ1) is 36.7. The van der Waals surface area contributed by atoms with Gasteiger partial charge in [0.25, 0.3) is 0 Å². The molecule has 0 spiro atoms. The molecule has 292 valence electrons. The zero-order valence-corrected chi connectivity index (χ0v) is 33.8. The summed E-state index contributed by atoms with van der Waals surface area (Å²) in [6, 6.07) is 67.7. The maximum absolute atomic E-state index is 5.11. The van der Waals surface area contributed by atoms with E-state index in [9.17, 15) is 0 Å². The Hall–Kier alpha value is -7.37. The number of fused-ring (bicyclic) bond motifs is 2. The van der Waals surface area contributed by atoms with Crippen LogP contribution in [0.25, 0.3) is 90.3 Å². The highest BCUT2D eigenvalue weighted by molar-refractivity contribution is 5.76. The summed E-state index contributed by atoms with van der Waals surface area (Å²) in [5, 5.41) is 0. The van der Waals surface area contributed by atoms with Crippen LogP contribution >= 0.6 is 0 Å². The lowest BCUT2D eigenvalue weighted by Crippen LogP contribution is -2.19. The van der Waals surface area contributed by atoms with Crippen molar-refractivity contribution in [2.45, 2.75) is 37.5 Å². The van der Waals surface area contributed by atoms with Crippen LogP contribution in [0.3, 0.4) is 0 Å². The Labute approximate surface area is 357 Å². The first-order valence-electron chi connectivity index (χ1n) is 21.4. The standard InChI is InChI=1S/C56H43N5/c1-4-11-39(12-5-1)47-17-10-18-48(35-47)55-60-53(45-15-8-3-9-16-45)59-54(61-55)46-25-21-41(22-26-46)40-19-23-42(24-20-40)50-36-51(58-52(57-50)44-13-6-2-7-14-44)43-27-29-49(30-28-43)56-33-31-38(37-56)32-34-56/h1-30,35-36,38H,31-34,37H2. The van der Waals surface area contributed by atoms with E-state index in [0.29, 0.717) is 22.9 Å². The van der Waals surface area contributed by atoms with E-state index in [0.717, 1.165) is 78.8 Å². The summed E-state index contributed by atoms with van der Waals surface area (Å²) in [4.78, 5) is 25.2. The topological polar surface area (TPSA) is 64.5 Å². The predicted molar refractivity (Wildman–Crippen MR) is 247 cm³/mol. The number of nitrogens with zero attached hydrogens (tertiary/aromatic N) is 5. The molecule has 2 heterocycles. The van der Waals surface area contributed by atoms with Crippen molar-refractivity contribution in [1.82, 2.24) is 24.9 Å². The van der Waals surface area contributed by atoms with E-state index in [1.165, 1.54) is 37.7 Å². The Morgan fingerprint density at radius 2 is 0.689 bits per heavy atom. The van der Waals surface area contributed by atoms with Crippen molar-refractivity contribution in [3.05, 3.63) is 200 Å². The Balaban J connectivity index is 0.895. The average Bonchev–Trinajstić information content (AvgIpc) is 3.98. The zero-order valence-electron chi connectivity index (χ0n) is 33.8. The monoisotopic (exact) mass is 785 g/mol. The highest BCUT2D eigenvalue weighted by atomic mass is 15.0. The molecule has 2 saturated carbocycles. The van der Waals surface area contributed by atoms with E-state index in [4.69, 9.17) is 24.9 Å². The summed E-state index contributed by atoms with van der Waals surface area (Å²) in [5.74, 6) is 3.55. The van der Waals surface area contributed by atoms with Gasteiger partial charge in [-0.1, -0.05) is 182 Å². The summed E-state index contributed by atoms with van der Waals surface area (Å²) in [7, 11) is 0. The van der Waals surface area contributed by atoms with Gasteiger partial charge in [-0.05, 0) is 83.4 Å². The van der Waals surface area contributed by atoms with Crippen molar-refractivity contribution in [1.29, 1.82) is 0 Å². The molecule has 61 heavy (non-hydrogen) atoms. The number of rotatable bonds is 9. The largest absolute Gasteiger partial charge is 0.228 e. The molecule has 9 aromatic rings. The van der Waals surface area contributed by atoms with Crippen LogP contribution in [0.15, 0.2) is 194 Å². The van der Waals surface area contributed by atoms with Gasteiger partial charge in [0.1, 0.15) is 0 Å². The molecule has 7 aromatic carbocycles. The SMILES string of the molecule is c1ccc(-c2cccc(-c3nc(-c4ccccc4)nc(-c4ccc(-c5ccc(-c6cc(-c7ccc(C89CCC(CC8)C9)cc7)nc(-c7ccccc7)n6)cc5)cc4)n3)c2)cc1. The Bertz CT molecular complexity index is 2960. The summed E-state index contributed by atoms with van der Waals surface area (Å²) >= 11 is 0. The lowest BCUT2D eigenvalue weighted by molar-refractivity contribution is 0.419. The van der Waals surface area contributed by atoms with Gasteiger partial charge >= 0.3 is 0 Å². The molecule has 2 bridgehead atoms. The fourth-order valence-corrected chi connectivity index (χ4v) is 9.52. The second-order valence-corrected chi connectivity index (χ2v) is 16.6. The molecule has 0 aliphatic heterocycles. The molecular weight excluding hydrogens is 743 g/mol. The predicted octanol–water partition coefficient (Wildman–Crippen LogP) is 13.8. The van der Waals surface area contributed by atoms with Crippen LogP contribution in [0, 0.1) is 5.92 Å². The number of benzene rings is 7. The second-order valence-electron chi connectivity index (χ2n) is 16.6. The molecule has 2 fully saturated rings. The minimum Gasteiger partial charge on any atom is -0.228 e. The quantitative estimate of drug-likeness (QED) is 0.146. The minimum absolute atomic E-state index is 0.385. The molecule has 2 aliphatic rings. The van der Waals surface area contributed by atoms with Crippen LogP contribution in [-0.2, 0) is 5.41 Å². The molecule has 0 saturated heterocycles. The van der Waals surface area contributed by atoms with Crippen molar-refractivity contribution >= 4 is 0 Å². The summed E-state index contributed by atoms with van der Waals surface area (Å²) in [5.41, 5.74) is 14.2. The Morgan fingerprint density at radius 1 is 0.311 bits per heavy atom. The van der Waals surface area contributed by atoms with Crippen LogP contribution < -0.4 is 0 Å². The van der Waals surface area contributed by atoms with Gasteiger partial charge in [0.05, 0.1) is 11.4 Å². The van der Waals surface area contributed by atoms with E-state index < -0.39 is 0 Å². The smallest absolute Gasteiger partial charge is 0.164 e. The summed E-state index contributed by atoms with van der Waals surface area (Å²) < 4.78 is 0. The molecule has 0 radical (unpaired) electrons. The number of aromatic nitrogens is 5. The number of hydrogen-bond donors (Lipinski definition) is 0. The highest BCUT2D eigenvalue weighted by Crippen LogP contribution is 2.55. The van der Waals surface area contributed by atoms with Gasteiger partial charge < -0.3 is 0 Å². The summed E-state index contributed by atoms with van der Waals surface area (Å²) in [6.07, 6.45) is 6.76. The molecule has 0 atom stereocenters. The van der Waals surface area contributed by atoms with Gasteiger partial charge in [-0.2, -0.15) is 0 Å². The third-order valence-electron chi connectivity index (χ3n) is 12.8. The van der Waals surface area contributed by atoms with Crippen molar-refractivity contribution < 1.29 is 0 Å². The normalized spacial score (nSPS) is 16.8. The van der Waals surface area contributed by atoms with E-state index in [1.54, 1.807) is 0 Å². The third-order valence-corrected chi connectivity index (χ3v) is 12.8. The molecule has 2 aromatic heterocycles. The van der Waals surface area contributed by atoms with Crippen molar-refractivity contribution in [3.63, 3.8) is 0 Å². The first-order valence-corrected chi connectivity index (χ1v) is 21.4. The molecule has 11 rings (SSSR count). The van der Waals surface area contributed by atoms with Gasteiger partial charge in [0.2, 0.25) is 0 Å². The highest BCUT2D eigenvalue weighted by Gasteiger charge is 2.45. The fraction of sp³-hybridized carbons (Fsp3) is 0.125. The lowest BCUT2D eigenvalue weighted by Gasteiger charge is -2.27. The summed E-state index contributed by atoms with van der Waals surface area (Å²) in [6.45, 7) is 0. The van der Waals surface area contributed by atoms with E-state index in [1.807, 2.05) is 54.6 Å². The van der Waals surface area contributed by atoms with Gasteiger partial charge in [-0.3, -0.25) is 0 Å². The lowest BCUT2D eigenvalue weighted by atomic mass is 9.77. The van der Waals surface area contributed by atoms with Gasteiger partial charge in [0, 0.05) is 33.4 Å². The van der Waals surface area contributed by atoms with Gasteiger partial charge in [-0.25, -0.2) is 24.9 Å². The molecule has 5 nitrogen and oxygen atoms in total. The van der Waals surface area contributed by atoms with E-state index in [2.05, 4.69) is 140 Å². The zero-order chi connectivity index (χ0) is 40.6. The van der Waals surface area contributed by atoms with Crippen LogP contribution in [0.4, 0.5) is 0 Å². The molecule has 0 amide bonds. The average molecular weight is 786 g/mol. The minimum atomic E-state index is 0.385. The van der Waals surface area contributed by atoms with Crippen molar-refractivity contribution in [2.24, 2.45) is 5.92 Å². The molecule has 2 aliphatic carbocycles. The molecule has 0 N–H and O–H groups in total. The first-order chi connectivity index (χ1) is 30.1. The Kier molecular flexibility index (Phi) is 9.42. The van der Waals surface area contributed by atoms with Gasteiger partial charge in [0.15, 0.2) is 23.3 Å². The van der Waals surface area contributed by atoms with Crippen LogP contribution in [-0.4, -0.2) is 24.9 Å². The van der Waals surface area contributed by atoms with Crippen LogP contribution in [0.5, 0.6) is 0 Å². The molecule has 5 heteroatoms. The van der Waals surface area contributed by atoms with Crippen molar-refractivity contribution in [3.8, 4) is 90.3 Å². The maximum atomic E-state index is 5.11. The van der Waals surface area contributed by atoms with Crippen molar-refractivity contribution in [2.75, 3.05) is 0 Å². The number of hydrogen-bond acceptors (Lipinski definition) is 5.